The highest BCUT2D eigenvalue weighted by molar-refractivity contribution is 7.65. The third-order valence-corrected chi connectivity index (χ3v) is 7.47. The van der Waals surface area contributed by atoms with Crippen molar-refractivity contribution in [2.24, 2.45) is 0 Å². The van der Waals surface area contributed by atoms with Gasteiger partial charge < -0.3 is 9.05 Å². The summed E-state index contributed by atoms with van der Waals surface area (Å²) in [4.78, 5) is 0. The number of unbranched alkanes of at least 4 members (excludes halogenated alkanes) is 9. The largest absolute Gasteiger partial charge is 0.521 e. The fraction of sp³-hybridized carbons (Fsp3) is 1.00. The molecule has 0 aliphatic carbocycles. The van der Waals surface area contributed by atoms with Crippen molar-refractivity contribution in [3.63, 3.8) is 0 Å². The van der Waals surface area contributed by atoms with Crippen LogP contribution in [0.15, 0.2) is 0 Å². The van der Waals surface area contributed by atoms with E-state index in [1.807, 2.05) is 0 Å². The molecule has 0 aliphatic heterocycles. The van der Waals surface area contributed by atoms with Crippen molar-refractivity contribution in [3.05, 3.63) is 0 Å². The van der Waals surface area contributed by atoms with Crippen LogP contribution in [0.4, 0.5) is 0 Å². The fourth-order valence-electron chi connectivity index (χ4n) is 2.13. The second-order valence-electron chi connectivity index (χ2n) is 5.47. The quantitative estimate of drug-likeness (QED) is 0.247. The molecule has 1 unspecified atom stereocenters. The average molecular weight is 355 g/mol. The molecule has 0 aromatic carbocycles. The van der Waals surface area contributed by atoms with E-state index in [0.717, 1.165) is 12.8 Å². The van der Waals surface area contributed by atoms with Gasteiger partial charge in [0, 0.05) is 14.2 Å². The van der Waals surface area contributed by atoms with Crippen LogP contribution in [0.5, 0.6) is 0 Å². The molecular weight excluding hydrogens is 322 g/mol. The van der Waals surface area contributed by atoms with E-state index in [1.54, 1.807) is 0 Å². The first-order chi connectivity index (χ1) is 10.6. The summed E-state index contributed by atoms with van der Waals surface area (Å²) in [5.74, 6) is -0.174. The van der Waals surface area contributed by atoms with Crippen LogP contribution in [-0.2, 0) is 22.7 Å². The lowest BCUT2D eigenvalue weighted by molar-refractivity contribution is 0.276. The molecule has 0 fully saturated rings. The van der Waals surface area contributed by atoms with Gasteiger partial charge in [-0.2, -0.15) is 0 Å². The highest BCUT2D eigenvalue weighted by Crippen LogP contribution is 2.53. The van der Waals surface area contributed by atoms with Gasteiger partial charge in [0.25, 0.3) is 5.90 Å². The zero-order chi connectivity index (χ0) is 16.7. The minimum atomic E-state index is -3.23. The highest BCUT2D eigenvalue weighted by atomic mass is 31.2. The summed E-state index contributed by atoms with van der Waals surface area (Å²) >= 11 is 0. The van der Waals surface area contributed by atoms with E-state index in [4.69, 9.17) is 13.6 Å². The molecular formula is C15H33O5P2+. The molecule has 1 atom stereocenters. The van der Waals surface area contributed by atoms with Gasteiger partial charge in [-0.25, -0.2) is 0 Å². The molecule has 7 heteroatoms. The number of rotatable bonds is 16. The first-order valence-electron chi connectivity index (χ1n) is 8.36. The minimum absolute atomic E-state index is 0.174. The summed E-state index contributed by atoms with van der Waals surface area (Å²) in [6.07, 6.45) is 12.5. The van der Waals surface area contributed by atoms with E-state index >= 15 is 0 Å². The predicted octanol–water partition coefficient (Wildman–Crippen LogP) is 6.11. The molecule has 0 bridgehead atoms. The average Bonchev–Trinajstić information content (AvgIpc) is 2.52. The van der Waals surface area contributed by atoms with Crippen molar-refractivity contribution in [1.29, 1.82) is 0 Å². The molecule has 0 amide bonds. The lowest BCUT2D eigenvalue weighted by atomic mass is 10.1. The molecule has 132 valence electrons. The maximum atomic E-state index is 11.8. The molecule has 0 aromatic heterocycles. The Bertz CT molecular complexity index is 315. The lowest BCUT2D eigenvalue weighted by Gasteiger charge is -2.06. The van der Waals surface area contributed by atoms with Crippen LogP contribution in [-0.4, -0.2) is 26.7 Å². The van der Waals surface area contributed by atoms with E-state index in [9.17, 15) is 9.13 Å². The van der Waals surface area contributed by atoms with E-state index in [0.29, 0.717) is 6.61 Å². The van der Waals surface area contributed by atoms with Crippen LogP contribution < -0.4 is 0 Å². The summed E-state index contributed by atoms with van der Waals surface area (Å²) in [7, 11) is -2.63. The van der Waals surface area contributed by atoms with E-state index in [2.05, 4.69) is 6.92 Å². The van der Waals surface area contributed by atoms with Gasteiger partial charge in [0.1, 0.15) is 6.61 Å². The second-order valence-corrected chi connectivity index (χ2v) is 9.47. The molecule has 0 aromatic rings. The Kier molecular flexibility index (Phi) is 14.9. The maximum absolute atomic E-state index is 11.8. The van der Waals surface area contributed by atoms with Gasteiger partial charge in [-0.1, -0.05) is 64.7 Å². The van der Waals surface area contributed by atoms with Crippen molar-refractivity contribution in [2.75, 3.05) is 26.7 Å². The van der Waals surface area contributed by atoms with Gasteiger partial charge in [0.2, 0.25) is 0 Å². The normalized spacial score (nSPS) is 12.6. The van der Waals surface area contributed by atoms with Crippen LogP contribution in [0.2, 0.25) is 0 Å². The third kappa shape index (κ3) is 12.7. The maximum Gasteiger partial charge on any atom is 0.521 e. The van der Waals surface area contributed by atoms with Gasteiger partial charge in [0.05, 0.1) is 0 Å². The topological polar surface area (TPSA) is 61.8 Å². The molecule has 0 saturated heterocycles. The first kappa shape index (κ1) is 22.2. The molecule has 0 radical (unpaired) electrons. The van der Waals surface area contributed by atoms with E-state index in [1.165, 1.54) is 65.6 Å². The Labute approximate surface area is 136 Å². The summed E-state index contributed by atoms with van der Waals surface area (Å²) < 4.78 is 38.0. The first-order valence-corrected chi connectivity index (χ1v) is 11.4. The predicted molar refractivity (Wildman–Crippen MR) is 91.9 cm³/mol. The Morgan fingerprint density at radius 3 is 1.73 bits per heavy atom. The highest BCUT2D eigenvalue weighted by Gasteiger charge is 2.35. The van der Waals surface area contributed by atoms with Gasteiger partial charge in [-0.3, -0.25) is 4.57 Å². The van der Waals surface area contributed by atoms with Crippen LogP contribution in [0.25, 0.3) is 0 Å². The summed E-state index contributed by atoms with van der Waals surface area (Å²) in [5, 5.41) is 0. The molecule has 0 N–H and O–H groups in total. The van der Waals surface area contributed by atoms with Crippen molar-refractivity contribution in [1.82, 2.24) is 0 Å². The van der Waals surface area contributed by atoms with Crippen molar-refractivity contribution < 1.29 is 22.7 Å². The van der Waals surface area contributed by atoms with Crippen molar-refractivity contribution in [3.8, 4) is 0 Å². The molecule has 0 heterocycles. The molecule has 0 rings (SSSR count). The second kappa shape index (κ2) is 14.8. The van der Waals surface area contributed by atoms with Crippen LogP contribution in [0.3, 0.4) is 0 Å². The third-order valence-electron chi connectivity index (χ3n) is 3.58. The van der Waals surface area contributed by atoms with Gasteiger partial charge in [0.15, 0.2) is 0 Å². The van der Waals surface area contributed by atoms with Crippen molar-refractivity contribution >= 4 is 15.6 Å². The Balaban J connectivity index is 3.39. The monoisotopic (exact) mass is 355 g/mol. The van der Waals surface area contributed by atoms with Crippen LogP contribution in [0.1, 0.15) is 71.1 Å². The van der Waals surface area contributed by atoms with Gasteiger partial charge in [-0.15, -0.1) is 4.52 Å². The molecule has 22 heavy (non-hydrogen) atoms. The Hall–Kier alpha value is 0.210. The molecule has 0 aliphatic rings. The molecule has 0 saturated carbocycles. The number of hydrogen-bond donors (Lipinski definition) is 0. The zero-order valence-electron chi connectivity index (χ0n) is 14.4. The molecule has 5 nitrogen and oxygen atoms in total. The summed E-state index contributed by atoms with van der Waals surface area (Å²) in [6, 6.07) is 0. The standard InChI is InChI=1S/C15H33O5P2/c1-4-5-6-7-8-9-10-11-12-13-14-20-21(16)15-22(17,18-2)19-3/h4-15H2,1-3H3/q+1. The van der Waals surface area contributed by atoms with Gasteiger partial charge in [-0.05, 0) is 11.0 Å². The number of hydrogen-bond acceptors (Lipinski definition) is 5. The molecule has 0 spiro atoms. The van der Waals surface area contributed by atoms with Gasteiger partial charge >= 0.3 is 15.6 Å². The minimum Gasteiger partial charge on any atom is -0.309 e. The van der Waals surface area contributed by atoms with E-state index < -0.39 is 15.6 Å². The SMILES string of the molecule is CCCCCCCCCCCCO[P+](=O)CP(=O)(OC)OC. The zero-order valence-corrected chi connectivity index (χ0v) is 16.2. The Morgan fingerprint density at radius 1 is 0.818 bits per heavy atom. The van der Waals surface area contributed by atoms with Crippen molar-refractivity contribution in [2.45, 2.75) is 71.1 Å². The summed E-state index contributed by atoms with van der Waals surface area (Å²) in [5.41, 5.74) is 0. The Morgan fingerprint density at radius 2 is 1.27 bits per heavy atom. The van der Waals surface area contributed by atoms with Crippen LogP contribution >= 0.6 is 15.6 Å². The van der Waals surface area contributed by atoms with E-state index in [-0.39, 0.29) is 5.90 Å². The van der Waals surface area contributed by atoms with Crippen LogP contribution in [0, 0.1) is 0 Å². The fourth-order valence-corrected chi connectivity index (χ4v) is 4.99. The lowest BCUT2D eigenvalue weighted by Crippen LogP contribution is -1.94. The summed E-state index contributed by atoms with van der Waals surface area (Å²) in [6.45, 7) is 2.68. The smallest absolute Gasteiger partial charge is 0.309 e.